The lowest BCUT2D eigenvalue weighted by molar-refractivity contribution is 0.442. The second-order valence-electron chi connectivity index (χ2n) is 3.75. The van der Waals surface area contributed by atoms with Crippen molar-refractivity contribution in [1.29, 1.82) is 0 Å². The molecule has 1 saturated heterocycles. The van der Waals surface area contributed by atoms with Crippen molar-refractivity contribution < 1.29 is 0 Å². The number of nitrogens with zero attached hydrogens (tertiary/aromatic N) is 2. The fraction of sp³-hybridized carbons (Fsp3) is 0.700. The first-order valence-electron chi connectivity index (χ1n) is 5.24. The molecule has 3 nitrogen and oxygen atoms in total. The Bertz CT molecular complexity index is 302. The van der Waals surface area contributed by atoms with Crippen LogP contribution in [-0.2, 0) is 6.54 Å². The first-order chi connectivity index (χ1) is 6.83. The molecule has 1 fully saturated rings. The summed E-state index contributed by atoms with van der Waals surface area (Å²) in [6.45, 7) is 5.24. The van der Waals surface area contributed by atoms with Crippen LogP contribution in [0.25, 0.3) is 0 Å². The van der Waals surface area contributed by atoms with Crippen molar-refractivity contribution in [3.63, 3.8) is 0 Å². The monoisotopic (exact) mass is 213 g/mol. The van der Waals surface area contributed by atoms with Gasteiger partial charge in [-0.15, -0.1) is 0 Å². The topological polar surface area (TPSA) is 29.9 Å². The predicted molar refractivity (Wildman–Crippen MR) is 57.8 cm³/mol. The summed E-state index contributed by atoms with van der Waals surface area (Å²) in [4.78, 5) is 4.16. The van der Waals surface area contributed by atoms with E-state index in [1.807, 2.05) is 6.33 Å². The molecule has 1 aliphatic heterocycles. The number of hydrogen-bond acceptors (Lipinski definition) is 2. The lowest BCUT2D eigenvalue weighted by atomic mass is 9.96. The van der Waals surface area contributed by atoms with Crippen LogP contribution >= 0.6 is 11.6 Å². The largest absolute Gasteiger partial charge is 0.333 e. The molecule has 0 radical (unpaired) electrons. The van der Waals surface area contributed by atoms with Crippen molar-refractivity contribution in [2.75, 3.05) is 13.1 Å². The van der Waals surface area contributed by atoms with Gasteiger partial charge in [-0.3, -0.25) is 0 Å². The summed E-state index contributed by atoms with van der Waals surface area (Å²) >= 11 is 6.10. The first-order valence-corrected chi connectivity index (χ1v) is 5.62. The number of piperidine rings is 1. The SMILES string of the molecule is CCn1cnc(Cl)c1C1CCCNC1. The molecule has 1 N–H and O–H groups in total. The molecule has 0 amide bonds. The molecule has 1 aliphatic rings. The minimum Gasteiger partial charge on any atom is -0.333 e. The zero-order chi connectivity index (χ0) is 9.97. The lowest BCUT2D eigenvalue weighted by Crippen LogP contribution is -2.29. The highest BCUT2D eigenvalue weighted by atomic mass is 35.5. The maximum atomic E-state index is 6.10. The van der Waals surface area contributed by atoms with Gasteiger partial charge in [0.15, 0.2) is 5.15 Å². The van der Waals surface area contributed by atoms with Crippen LogP contribution in [0, 0.1) is 0 Å². The van der Waals surface area contributed by atoms with Gasteiger partial charge >= 0.3 is 0 Å². The first kappa shape index (κ1) is 9.99. The van der Waals surface area contributed by atoms with Crippen LogP contribution in [0.1, 0.15) is 31.4 Å². The molecule has 0 aliphatic carbocycles. The lowest BCUT2D eigenvalue weighted by Gasteiger charge is -2.23. The van der Waals surface area contributed by atoms with Gasteiger partial charge < -0.3 is 9.88 Å². The highest BCUT2D eigenvalue weighted by molar-refractivity contribution is 6.30. The third-order valence-corrected chi connectivity index (χ3v) is 3.15. The number of rotatable bonds is 2. The molecule has 2 rings (SSSR count). The van der Waals surface area contributed by atoms with Gasteiger partial charge in [-0.05, 0) is 26.3 Å². The molecule has 0 saturated carbocycles. The number of aryl methyl sites for hydroxylation is 1. The van der Waals surface area contributed by atoms with E-state index in [9.17, 15) is 0 Å². The summed E-state index contributed by atoms with van der Waals surface area (Å²) in [5, 5.41) is 4.08. The Kier molecular flexibility index (Phi) is 3.08. The third-order valence-electron chi connectivity index (χ3n) is 2.86. The number of nitrogens with one attached hydrogen (secondary N) is 1. The Labute approximate surface area is 89.5 Å². The van der Waals surface area contributed by atoms with Gasteiger partial charge in [0.05, 0.1) is 12.0 Å². The van der Waals surface area contributed by atoms with E-state index >= 15 is 0 Å². The Balaban J connectivity index is 2.23. The van der Waals surface area contributed by atoms with Gasteiger partial charge in [0.2, 0.25) is 0 Å². The van der Waals surface area contributed by atoms with E-state index < -0.39 is 0 Å². The Morgan fingerprint density at radius 2 is 2.57 bits per heavy atom. The summed E-state index contributed by atoms with van der Waals surface area (Å²) in [5.41, 5.74) is 1.21. The van der Waals surface area contributed by atoms with Crippen LogP contribution < -0.4 is 5.32 Å². The Morgan fingerprint density at radius 1 is 1.71 bits per heavy atom. The molecule has 0 spiro atoms. The maximum Gasteiger partial charge on any atom is 0.150 e. The highest BCUT2D eigenvalue weighted by Gasteiger charge is 2.21. The van der Waals surface area contributed by atoms with E-state index in [0.717, 1.165) is 19.6 Å². The van der Waals surface area contributed by atoms with Crippen LogP contribution in [-0.4, -0.2) is 22.6 Å². The molecule has 2 heterocycles. The smallest absolute Gasteiger partial charge is 0.150 e. The Hall–Kier alpha value is -0.540. The summed E-state index contributed by atoms with van der Waals surface area (Å²) in [6.07, 6.45) is 4.29. The number of imidazole rings is 1. The van der Waals surface area contributed by atoms with E-state index in [1.54, 1.807) is 0 Å². The molecule has 1 aromatic rings. The van der Waals surface area contributed by atoms with Gasteiger partial charge in [-0.25, -0.2) is 4.98 Å². The summed E-state index contributed by atoms with van der Waals surface area (Å²) in [6, 6.07) is 0. The van der Waals surface area contributed by atoms with Crippen molar-refractivity contribution in [3.05, 3.63) is 17.2 Å². The highest BCUT2D eigenvalue weighted by Crippen LogP contribution is 2.28. The Morgan fingerprint density at radius 3 is 3.21 bits per heavy atom. The molecule has 0 bridgehead atoms. The summed E-state index contributed by atoms with van der Waals surface area (Å²) < 4.78 is 2.15. The number of aromatic nitrogens is 2. The molecule has 78 valence electrons. The standard InChI is InChI=1S/C10H16ClN3/c1-2-14-7-13-10(11)9(14)8-4-3-5-12-6-8/h7-8,12H,2-6H2,1H3. The van der Waals surface area contributed by atoms with Crippen LogP contribution in [0.4, 0.5) is 0 Å². The molecular weight excluding hydrogens is 198 g/mol. The minimum atomic E-state index is 0.540. The summed E-state index contributed by atoms with van der Waals surface area (Å²) in [5.74, 6) is 0.540. The fourth-order valence-corrected chi connectivity index (χ4v) is 2.41. The van der Waals surface area contributed by atoms with Crippen molar-refractivity contribution in [3.8, 4) is 0 Å². The van der Waals surface area contributed by atoms with Crippen LogP contribution in [0.3, 0.4) is 0 Å². The third kappa shape index (κ3) is 1.79. The minimum absolute atomic E-state index is 0.540. The molecule has 1 aromatic heterocycles. The molecule has 1 unspecified atom stereocenters. The average molecular weight is 214 g/mol. The van der Waals surface area contributed by atoms with Gasteiger partial charge in [-0.2, -0.15) is 0 Å². The van der Waals surface area contributed by atoms with Gasteiger partial charge in [-0.1, -0.05) is 11.6 Å². The van der Waals surface area contributed by atoms with E-state index in [0.29, 0.717) is 11.1 Å². The normalized spacial score (nSPS) is 22.6. The zero-order valence-corrected chi connectivity index (χ0v) is 9.22. The van der Waals surface area contributed by atoms with Gasteiger partial charge in [0.25, 0.3) is 0 Å². The maximum absolute atomic E-state index is 6.10. The molecule has 4 heteroatoms. The number of hydrogen-bond donors (Lipinski definition) is 1. The predicted octanol–water partition coefficient (Wildman–Crippen LogP) is 2.02. The van der Waals surface area contributed by atoms with E-state index in [2.05, 4.69) is 21.8 Å². The van der Waals surface area contributed by atoms with Crippen molar-refractivity contribution in [2.24, 2.45) is 0 Å². The van der Waals surface area contributed by atoms with Crippen molar-refractivity contribution in [1.82, 2.24) is 14.9 Å². The van der Waals surface area contributed by atoms with Gasteiger partial charge in [0.1, 0.15) is 0 Å². The van der Waals surface area contributed by atoms with Gasteiger partial charge in [0, 0.05) is 19.0 Å². The van der Waals surface area contributed by atoms with Crippen molar-refractivity contribution in [2.45, 2.75) is 32.2 Å². The van der Waals surface area contributed by atoms with Crippen LogP contribution in [0.15, 0.2) is 6.33 Å². The molecule has 14 heavy (non-hydrogen) atoms. The zero-order valence-electron chi connectivity index (χ0n) is 8.46. The second-order valence-corrected chi connectivity index (χ2v) is 4.11. The quantitative estimate of drug-likeness (QED) is 0.815. The van der Waals surface area contributed by atoms with E-state index in [4.69, 9.17) is 11.6 Å². The second kappa shape index (κ2) is 4.32. The van der Waals surface area contributed by atoms with Crippen LogP contribution in [0.2, 0.25) is 5.15 Å². The van der Waals surface area contributed by atoms with Crippen LogP contribution in [0.5, 0.6) is 0 Å². The van der Waals surface area contributed by atoms with E-state index in [1.165, 1.54) is 18.5 Å². The molecule has 0 aromatic carbocycles. The fourth-order valence-electron chi connectivity index (χ4n) is 2.11. The van der Waals surface area contributed by atoms with Crippen molar-refractivity contribution >= 4 is 11.6 Å². The summed E-state index contributed by atoms with van der Waals surface area (Å²) in [7, 11) is 0. The molecule has 1 atom stereocenters. The average Bonchev–Trinajstić information content (AvgIpc) is 2.61. The number of halogens is 1. The molecular formula is C10H16ClN3. The van der Waals surface area contributed by atoms with E-state index in [-0.39, 0.29) is 0 Å².